The SMILES string of the molecule is Nc1ccc(C(=O)N2C(C(F)(F)F)CN(C(=O)c3ccccc3)[C@H](Cc3c[nH]c4ccccc34)C2C(F)(F)F)cc1. The summed E-state index contributed by atoms with van der Waals surface area (Å²) < 4.78 is 88.6. The summed E-state index contributed by atoms with van der Waals surface area (Å²) in [4.78, 5) is 30.5. The molecule has 1 fully saturated rings. The molecule has 1 aliphatic heterocycles. The average molecular weight is 575 g/mol. The van der Waals surface area contributed by atoms with Crippen molar-refractivity contribution < 1.29 is 35.9 Å². The highest BCUT2D eigenvalue weighted by Crippen LogP contribution is 2.42. The third kappa shape index (κ3) is 5.46. The summed E-state index contributed by atoms with van der Waals surface area (Å²) in [7, 11) is 0. The number of nitrogens with zero attached hydrogens (tertiary/aromatic N) is 2. The number of alkyl halides is 6. The Morgan fingerprint density at radius 1 is 0.805 bits per heavy atom. The molecule has 12 heteroatoms. The minimum atomic E-state index is -5.33. The normalized spacial score (nSPS) is 19.9. The number of fused-ring (bicyclic) bond motifs is 1. The molecule has 4 aromatic rings. The minimum absolute atomic E-state index is 0.0726. The van der Waals surface area contributed by atoms with Crippen LogP contribution in [0.15, 0.2) is 85.1 Å². The van der Waals surface area contributed by atoms with Gasteiger partial charge in [0.05, 0.1) is 12.6 Å². The molecule has 214 valence electrons. The molecule has 1 aliphatic rings. The Balaban J connectivity index is 1.69. The number of nitrogen functional groups attached to an aromatic ring is 1. The third-order valence-electron chi connectivity index (χ3n) is 7.26. The van der Waals surface area contributed by atoms with Crippen molar-refractivity contribution in [1.82, 2.24) is 14.8 Å². The topological polar surface area (TPSA) is 82.4 Å². The summed E-state index contributed by atoms with van der Waals surface area (Å²) in [5, 5.41) is 0.551. The molecule has 2 amide bonds. The van der Waals surface area contributed by atoms with Crippen LogP contribution in [0.2, 0.25) is 0 Å². The first kappa shape index (κ1) is 28.1. The first-order valence-corrected chi connectivity index (χ1v) is 12.6. The number of carbonyl (C=O) groups is 2. The maximum atomic E-state index is 15.0. The number of para-hydroxylation sites is 1. The lowest BCUT2D eigenvalue weighted by Gasteiger charge is -2.52. The number of halogens is 6. The number of rotatable bonds is 4. The van der Waals surface area contributed by atoms with E-state index in [0.29, 0.717) is 21.4 Å². The number of piperazine rings is 1. The summed E-state index contributed by atoms with van der Waals surface area (Å²) in [6, 6.07) is 10.7. The molecule has 41 heavy (non-hydrogen) atoms. The number of carbonyl (C=O) groups excluding carboxylic acids is 2. The molecule has 6 nitrogen and oxygen atoms in total. The monoisotopic (exact) mass is 574 g/mol. The van der Waals surface area contributed by atoms with E-state index in [9.17, 15) is 35.9 Å². The highest BCUT2D eigenvalue weighted by atomic mass is 19.4. The Labute approximate surface area is 230 Å². The molecular formula is C29H24F6N4O2. The van der Waals surface area contributed by atoms with Crippen LogP contribution in [-0.4, -0.2) is 63.6 Å². The molecule has 5 rings (SSSR count). The maximum Gasteiger partial charge on any atom is 0.410 e. The largest absolute Gasteiger partial charge is 0.410 e. The van der Waals surface area contributed by atoms with E-state index in [2.05, 4.69) is 4.98 Å². The second-order valence-corrected chi connectivity index (χ2v) is 9.83. The van der Waals surface area contributed by atoms with E-state index in [-0.39, 0.29) is 16.2 Å². The highest BCUT2D eigenvalue weighted by molar-refractivity contribution is 5.97. The molecule has 2 heterocycles. The van der Waals surface area contributed by atoms with Crippen molar-refractivity contribution in [3.8, 4) is 0 Å². The van der Waals surface area contributed by atoms with Gasteiger partial charge < -0.3 is 20.5 Å². The van der Waals surface area contributed by atoms with Gasteiger partial charge in [-0.1, -0.05) is 36.4 Å². The number of aromatic amines is 1. The van der Waals surface area contributed by atoms with E-state index in [1.54, 1.807) is 30.3 Å². The Morgan fingerprint density at radius 2 is 1.41 bits per heavy atom. The van der Waals surface area contributed by atoms with Crippen LogP contribution in [0.4, 0.5) is 32.0 Å². The first-order valence-electron chi connectivity index (χ1n) is 12.6. The number of nitrogens with two attached hydrogens (primary N) is 1. The zero-order valence-electron chi connectivity index (χ0n) is 21.3. The van der Waals surface area contributed by atoms with Crippen molar-refractivity contribution in [3.05, 3.63) is 102 Å². The van der Waals surface area contributed by atoms with Crippen molar-refractivity contribution in [1.29, 1.82) is 0 Å². The summed E-state index contributed by atoms with van der Waals surface area (Å²) >= 11 is 0. The predicted octanol–water partition coefficient (Wildman–Crippen LogP) is 5.82. The highest BCUT2D eigenvalue weighted by Gasteiger charge is 2.62. The lowest BCUT2D eigenvalue weighted by molar-refractivity contribution is -0.248. The molecule has 2 unspecified atom stereocenters. The van der Waals surface area contributed by atoms with Crippen LogP contribution in [0.3, 0.4) is 0 Å². The maximum absolute atomic E-state index is 15.0. The van der Waals surface area contributed by atoms with Crippen LogP contribution in [0.5, 0.6) is 0 Å². The van der Waals surface area contributed by atoms with Gasteiger partial charge in [-0.2, -0.15) is 26.3 Å². The van der Waals surface area contributed by atoms with Crippen LogP contribution in [0.25, 0.3) is 10.9 Å². The number of aromatic nitrogens is 1. The summed E-state index contributed by atoms with van der Waals surface area (Å²) in [6.45, 7) is -1.18. The Kier molecular flexibility index (Phi) is 7.18. The quantitative estimate of drug-likeness (QED) is 0.238. The number of amides is 2. The van der Waals surface area contributed by atoms with Crippen molar-refractivity contribution in [2.75, 3.05) is 12.3 Å². The number of H-pyrrole nitrogens is 1. The Bertz CT molecular complexity index is 1550. The zero-order chi connectivity index (χ0) is 29.5. The lowest BCUT2D eigenvalue weighted by atomic mass is 9.89. The predicted molar refractivity (Wildman–Crippen MR) is 140 cm³/mol. The molecule has 1 aromatic heterocycles. The van der Waals surface area contributed by atoms with Gasteiger partial charge in [0.1, 0.15) is 12.1 Å². The molecule has 0 radical (unpaired) electrons. The molecule has 0 aliphatic carbocycles. The van der Waals surface area contributed by atoms with Crippen LogP contribution in [0.1, 0.15) is 26.3 Å². The zero-order valence-corrected chi connectivity index (χ0v) is 21.3. The number of hydrogen-bond acceptors (Lipinski definition) is 3. The second kappa shape index (κ2) is 10.5. The van der Waals surface area contributed by atoms with E-state index >= 15 is 0 Å². The molecule has 0 saturated carbocycles. The number of benzene rings is 3. The fourth-order valence-corrected chi connectivity index (χ4v) is 5.37. The smallest absolute Gasteiger partial charge is 0.399 e. The van der Waals surface area contributed by atoms with E-state index in [1.165, 1.54) is 42.6 Å². The molecule has 0 spiro atoms. The Hall–Kier alpha value is -4.48. The van der Waals surface area contributed by atoms with Crippen LogP contribution in [-0.2, 0) is 6.42 Å². The summed E-state index contributed by atoms with van der Waals surface area (Å²) in [5.41, 5.74) is 6.29. The van der Waals surface area contributed by atoms with Crippen molar-refractivity contribution in [3.63, 3.8) is 0 Å². The second-order valence-electron chi connectivity index (χ2n) is 9.83. The Morgan fingerprint density at radius 3 is 2.05 bits per heavy atom. The van der Waals surface area contributed by atoms with Crippen LogP contribution in [0, 0.1) is 0 Å². The van der Waals surface area contributed by atoms with Gasteiger partial charge in [0.25, 0.3) is 11.8 Å². The van der Waals surface area contributed by atoms with E-state index in [4.69, 9.17) is 5.73 Å². The minimum Gasteiger partial charge on any atom is -0.399 e. The first-order chi connectivity index (χ1) is 19.4. The van der Waals surface area contributed by atoms with Gasteiger partial charge in [-0.15, -0.1) is 0 Å². The fraction of sp³-hybridized carbons (Fsp3) is 0.241. The summed E-state index contributed by atoms with van der Waals surface area (Å²) in [5.74, 6) is -2.47. The van der Waals surface area contributed by atoms with Crippen LogP contribution >= 0.6 is 0 Å². The van der Waals surface area contributed by atoms with Crippen LogP contribution < -0.4 is 5.73 Å². The molecule has 3 N–H and O–H groups in total. The van der Waals surface area contributed by atoms with E-state index in [0.717, 1.165) is 12.1 Å². The number of hydrogen-bond donors (Lipinski definition) is 2. The van der Waals surface area contributed by atoms with Gasteiger partial charge in [0, 0.05) is 33.9 Å². The van der Waals surface area contributed by atoms with Gasteiger partial charge in [-0.05, 0) is 54.4 Å². The lowest BCUT2D eigenvalue weighted by Crippen LogP contribution is -2.73. The van der Waals surface area contributed by atoms with E-state index < -0.39 is 60.8 Å². The number of anilines is 1. The molecule has 0 bridgehead atoms. The van der Waals surface area contributed by atoms with Crippen molar-refractivity contribution in [2.24, 2.45) is 0 Å². The third-order valence-corrected chi connectivity index (χ3v) is 7.26. The summed E-state index contributed by atoms with van der Waals surface area (Å²) in [6.07, 6.45) is -9.62. The van der Waals surface area contributed by atoms with Gasteiger partial charge in [-0.25, -0.2) is 0 Å². The molecular weight excluding hydrogens is 550 g/mol. The molecule has 3 aromatic carbocycles. The van der Waals surface area contributed by atoms with Gasteiger partial charge in [0.15, 0.2) is 0 Å². The fourth-order valence-electron chi connectivity index (χ4n) is 5.37. The van der Waals surface area contributed by atoms with Crippen molar-refractivity contribution in [2.45, 2.75) is 36.9 Å². The molecule has 3 atom stereocenters. The standard InChI is InChI=1S/C29H24F6N4O2/c30-28(31,32)24-16-38(26(40)17-6-2-1-3-7-17)23(14-19-15-37-22-9-5-4-8-21(19)22)25(29(33,34)35)39(24)27(41)18-10-12-20(36)13-11-18/h1-13,15,23-25,37H,14,16,36H2/t23-,24?,25?/m1/s1. The number of nitrogens with one attached hydrogen (secondary N) is 1. The average Bonchev–Trinajstić information content (AvgIpc) is 3.34. The van der Waals surface area contributed by atoms with Crippen molar-refractivity contribution >= 4 is 28.4 Å². The van der Waals surface area contributed by atoms with E-state index in [1.807, 2.05) is 0 Å². The van der Waals surface area contributed by atoms with Gasteiger partial charge >= 0.3 is 12.4 Å². The van der Waals surface area contributed by atoms with Gasteiger partial charge in [-0.3, -0.25) is 9.59 Å². The van der Waals surface area contributed by atoms with Gasteiger partial charge in [0.2, 0.25) is 0 Å². The molecule has 1 saturated heterocycles.